The smallest absolute Gasteiger partial charge is 0.0952 e. The fraction of sp³-hybridized carbons (Fsp3) is 0.400. The molecule has 0 aromatic heterocycles. The molecular formula is C10H14ClNO. The summed E-state index contributed by atoms with van der Waals surface area (Å²) in [4.78, 5) is 0. The molecule has 13 heavy (non-hydrogen) atoms. The number of rotatable bonds is 2. The summed E-state index contributed by atoms with van der Waals surface area (Å²) < 4.78 is 0. The lowest BCUT2D eigenvalue weighted by Gasteiger charge is -2.16. The summed E-state index contributed by atoms with van der Waals surface area (Å²) >= 11 is 6.02. The molecule has 2 nitrogen and oxygen atoms in total. The molecule has 0 fully saturated rings. The second-order valence-corrected chi connectivity index (χ2v) is 3.66. The first-order chi connectivity index (χ1) is 6.04. The van der Waals surface area contributed by atoms with Gasteiger partial charge in [0.15, 0.2) is 0 Å². The Hall–Kier alpha value is -0.570. The zero-order chi connectivity index (χ0) is 10.0. The molecule has 0 saturated heterocycles. The van der Waals surface area contributed by atoms with Gasteiger partial charge in [0.2, 0.25) is 0 Å². The predicted octanol–water partition coefficient (Wildman–Crippen LogP) is 2.03. The van der Waals surface area contributed by atoms with Crippen LogP contribution < -0.4 is 5.73 Å². The first kappa shape index (κ1) is 10.5. The molecule has 0 radical (unpaired) electrons. The van der Waals surface area contributed by atoms with Crippen molar-refractivity contribution in [1.82, 2.24) is 0 Å². The van der Waals surface area contributed by atoms with Gasteiger partial charge in [-0.3, -0.25) is 0 Å². The SMILES string of the molecule is Cc1cccc([C@@H](O)[C@@H](C)N)c1Cl. The van der Waals surface area contributed by atoms with Crippen molar-refractivity contribution < 1.29 is 5.11 Å². The van der Waals surface area contributed by atoms with E-state index in [2.05, 4.69) is 0 Å². The van der Waals surface area contributed by atoms with Crippen LogP contribution in [0.3, 0.4) is 0 Å². The van der Waals surface area contributed by atoms with Gasteiger partial charge in [-0.15, -0.1) is 0 Å². The highest BCUT2D eigenvalue weighted by Gasteiger charge is 2.15. The van der Waals surface area contributed by atoms with Gasteiger partial charge in [-0.25, -0.2) is 0 Å². The van der Waals surface area contributed by atoms with E-state index in [1.54, 1.807) is 13.0 Å². The number of hydrogen-bond donors (Lipinski definition) is 2. The third-order valence-corrected chi connectivity index (χ3v) is 2.55. The third kappa shape index (κ3) is 2.21. The summed E-state index contributed by atoms with van der Waals surface area (Å²) in [5.74, 6) is 0. The minimum atomic E-state index is -0.688. The first-order valence-electron chi connectivity index (χ1n) is 4.22. The highest BCUT2D eigenvalue weighted by Crippen LogP contribution is 2.27. The van der Waals surface area contributed by atoms with E-state index in [0.29, 0.717) is 10.6 Å². The van der Waals surface area contributed by atoms with Crippen LogP contribution in [0.1, 0.15) is 24.2 Å². The van der Waals surface area contributed by atoms with Gasteiger partial charge in [-0.1, -0.05) is 29.8 Å². The Kier molecular flexibility index (Phi) is 3.31. The van der Waals surface area contributed by atoms with E-state index < -0.39 is 6.10 Å². The van der Waals surface area contributed by atoms with E-state index in [1.807, 2.05) is 19.1 Å². The molecule has 3 heteroatoms. The lowest BCUT2D eigenvalue weighted by molar-refractivity contribution is 0.153. The van der Waals surface area contributed by atoms with Crippen LogP contribution in [-0.4, -0.2) is 11.1 Å². The van der Waals surface area contributed by atoms with E-state index >= 15 is 0 Å². The summed E-state index contributed by atoms with van der Waals surface area (Å²) in [6.45, 7) is 3.66. The second-order valence-electron chi connectivity index (χ2n) is 3.28. The number of benzene rings is 1. The molecule has 1 aromatic carbocycles. The van der Waals surface area contributed by atoms with Crippen molar-refractivity contribution in [3.05, 3.63) is 34.3 Å². The van der Waals surface area contributed by atoms with Gasteiger partial charge in [0, 0.05) is 16.6 Å². The average Bonchev–Trinajstić information content (AvgIpc) is 2.08. The Labute approximate surface area is 83.3 Å². The number of nitrogens with two attached hydrogens (primary N) is 1. The van der Waals surface area contributed by atoms with Crippen LogP contribution in [0, 0.1) is 6.92 Å². The van der Waals surface area contributed by atoms with Gasteiger partial charge in [-0.2, -0.15) is 0 Å². The number of hydrogen-bond acceptors (Lipinski definition) is 2. The van der Waals surface area contributed by atoms with Crippen LogP contribution in [0.4, 0.5) is 0 Å². The van der Waals surface area contributed by atoms with Crippen LogP contribution in [0.5, 0.6) is 0 Å². The molecule has 72 valence electrons. The number of aliphatic hydroxyl groups is 1. The maximum absolute atomic E-state index is 9.69. The lowest BCUT2D eigenvalue weighted by Crippen LogP contribution is -2.24. The molecule has 3 N–H and O–H groups in total. The van der Waals surface area contributed by atoms with Crippen molar-refractivity contribution in [3.8, 4) is 0 Å². The topological polar surface area (TPSA) is 46.2 Å². The average molecular weight is 200 g/mol. The molecule has 0 amide bonds. The Morgan fingerprint density at radius 2 is 2.08 bits per heavy atom. The van der Waals surface area contributed by atoms with Gasteiger partial charge in [0.05, 0.1) is 6.10 Å². The van der Waals surface area contributed by atoms with Crippen molar-refractivity contribution in [3.63, 3.8) is 0 Å². The maximum atomic E-state index is 9.69. The van der Waals surface area contributed by atoms with Crippen LogP contribution in [0.15, 0.2) is 18.2 Å². The van der Waals surface area contributed by atoms with Crippen LogP contribution in [0.2, 0.25) is 5.02 Å². The summed E-state index contributed by atoms with van der Waals surface area (Å²) in [5, 5.41) is 10.3. The fourth-order valence-electron chi connectivity index (χ4n) is 1.18. The zero-order valence-electron chi connectivity index (χ0n) is 7.79. The first-order valence-corrected chi connectivity index (χ1v) is 4.60. The third-order valence-electron chi connectivity index (χ3n) is 2.04. The predicted molar refractivity (Wildman–Crippen MR) is 54.8 cm³/mol. The van der Waals surface area contributed by atoms with Crippen LogP contribution >= 0.6 is 11.6 Å². The minimum Gasteiger partial charge on any atom is -0.387 e. The van der Waals surface area contributed by atoms with Crippen LogP contribution in [-0.2, 0) is 0 Å². The molecule has 0 aliphatic carbocycles. The van der Waals surface area contributed by atoms with Crippen molar-refractivity contribution >= 4 is 11.6 Å². The van der Waals surface area contributed by atoms with Crippen molar-refractivity contribution in [2.24, 2.45) is 5.73 Å². The summed E-state index contributed by atoms with van der Waals surface area (Å²) in [5.41, 5.74) is 7.24. The van der Waals surface area contributed by atoms with E-state index in [0.717, 1.165) is 5.56 Å². The number of halogens is 1. The Morgan fingerprint density at radius 3 is 2.62 bits per heavy atom. The Balaban J connectivity index is 3.07. The number of aryl methyl sites for hydroxylation is 1. The molecule has 0 bridgehead atoms. The van der Waals surface area contributed by atoms with Gasteiger partial charge < -0.3 is 10.8 Å². The van der Waals surface area contributed by atoms with Crippen molar-refractivity contribution in [2.75, 3.05) is 0 Å². The Bertz CT molecular complexity index is 299. The molecular weight excluding hydrogens is 186 g/mol. The number of aliphatic hydroxyl groups excluding tert-OH is 1. The minimum absolute atomic E-state index is 0.306. The largest absolute Gasteiger partial charge is 0.387 e. The highest BCUT2D eigenvalue weighted by atomic mass is 35.5. The van der Waals surface area contributed by atoms with Gasteiger partial charge in [0.25, 0.3) is 0 Å². The quantitative estimate of drug-likeness (QED) is 0.766. The van der Waals surface area contributed by atoms with Gasteiger partial charge in [0.1, 0.15) is 0 Å². The van der Waals surface area contributed by atoms with Gasteiger partial charge in [-0.05, 0) is 19.4 Å². The molecule has 0 aliphatic rings. The summed E-state index contributed by atoms with van der Waals surface area (Å²) in [6.07, 6.45) is -0.688. The van der Waals surface area contributed by atoms with Crippen LogP contribution in [0.25, 0.3) is 0 Å². The molecule has 0 saturated carbocycles. The monoisotopic (exact) mass is 199 g/mol. The normalized spacial score (nSPS) is 15.5. The van der Waals surface area contributed by atoms with E-state index in [1.165, 1.54) is 0 Å². The lowest BCUT2D eigenvalue weighted by atomic mass is 10.0. The highest BCUT2D eigenvalue weighted by molar-refractivity contribution is 6.32. The van der Waals surface area contributed by atoms with E-state index in [9.17, 15) is 5.11 Å². The van der Waals surface area contributed by atoms with Crippen molar-refractivity contribution in [2.45, 2.75) is 26.0 Å². The standard InChI is InChI=1S/C10H14ClNO/c1-6-4-3-5-8(9(6)11)10(13)7(2)12/h3-5,7,10,13H,12H2,1-2H3/t7-,10+/m1/s1. The van der Waals surface area contributed by atoms with Gasteiger partial charge >= 0.3 is 0 Å². The molecule has 1 aromatic rings. The van der Waals surface area contributed by atoms with Crippen molar-refractivity contribution in [1.29, 1.82) is 0 Å². The molecule has 0 unspecified atom stereocenters. The fourth-order valence-corrected chi connectivity index (χ4v) is 1.42. The molecule has 0 heterocycles. The molecule has 1 rings (SSSR count). The maximum Gasteiger partial charge on any atom is 0.0952 e. The second kappa shape index (κ2) is 4.09. The van der Waals surface area contributed by atoms with E-state index in [4.69, 9.17) is 17.3 Å². The molecule has 0 aliphatic heterocycles. The summed E-state index contributed by atoms with van der Waals surface area (Å²) in [7, 11) is 0. The van der Waals surface area contributed by atoms with E-state index in [-0.39, 0.29) is 6.04 Å². The Morgan fingerprint density at radius 1 is 1.46 bits per heavy atom. The molecule has 0 spiro atoms. The molecule has 2 atom stereocenters. The summed E-state index contributed by atoms with van der Waals surface area (Å²) in [6, 6.07) is 5.25. The zero-order valence-corrected chi connectivity index (χ0v) is 8.55.